The van der Waals surface area contributed by atoms with E-state index in [2.05, 4.69) is 5.32 Å². The molecule has 1 amide bonds. The molecule has 1 atom stereocenters. The highest BCUT2D eigenvalue weighted by Gasteiger charge is 2.23. The maximum absolute atomic E-state index is 11.7. The molecule has 0 aromatic carbocycles. The van der Waals surface area contributed by atoms with Gasteiger partial charge in [0.1, 0.15) is 5.75 Å². The Bertz CT molecular complexity index is 317. The molecule has 0 spiro atoms. The summed E-state index contributed by atoms with van der Waals surface area (Å²) in [4.78, 5) is 11.4. The van der Waals surface area contributed by atoms with Crippen LogP contribution in [0.2, 0.25) is 0 Å². The molecule has 3 N–H and O–H groups in total. The van der Waals surface area contributed by atoms with Gasteiger partial charge in [-0.2, -0.15) is 0 Å². The average Bonchev–Trinajstić information content (AvgIpc) is 2.17. The van der Waals surface area contributed by atoms with Crippen molar-refractivity contribution >= 4 is 28.3 Å². The van der Waals surface area contributed by atoms with E-state index in [1.807, 2.05) is 0 Å². The second-order valence-corrected chi connectivity index (χ2v) is 5.51. The van der Waals surface area contributed by atoms with Crippen LogP contribution >= 0.6 is 12.4 Å². The minimum Gasteiger partial charge on any atom is -0.351 e. The largest absolute Gasteiger partial charge is 0.351 e. The van der Waals surface area contributed by atoms with Gasteiger partial charge in [0.15, 0.2) is 0 Å². The zero-order valence-corrected chi connectivity index (χ0v) is 12.1. The summed E-state index contributed by atoms with van der Waals surface area (Å²) >= 11 is 0. The number of carbonyl (C=O) groups excluding carboxylic acids is 1. The Morgan fingerprint density at radius 3 is 2.18 bits per heavy atom. The predicted octanol–water partition coefficient (Wildman–Crippen LogP) is -0.457. The average molecular weight is 288 g/mol. The summed E-state index contributed by atoms with van der Waals surface area (Å²) in [6, 6.07) is -0.209. The molecule has 17 heavy (non-hydrogen) atoms. The second-order valence-electron chi connectivity index (χ2n) is 3.54. The third-order valence-corrected chi connectivity index (χ3v) is 4.10. The maximum atomic E-state index is 11.7. The Morgan fingerprint density at radius 1 is 1.35 bits per heavy atom. The molecular formula is C9H22ClN3O3S. The molecule has 0 bridgehead atoms. The lowest BCUT2D eigenvalue weighted by Gasteiger charge is -2.18. The normalized spacial score (nSPS) is 13.0. The molecule has 0 aliphatic rings. The summed E-state index contributed by atoms with van der Waals surface area (Å²) in [5.74, 6) is -1.02. The number of sulfonamides is 1. The van der Waals surface area contributed by atoms with Crippen molar-refractivity contribution in [2.45, 2.75) is 26.8 Å². The van der Waals surface area contributed by atoms with E-state index in [9.17, 15) is 13.2 Å². The Morgan fingerprint density at radius 2 is 1.82 bits per heavy atom. The molecule has 0 saturated heterocycles. The van der Waals surface area contributed by atoms with Crippen LogP contribution in [-0.4, -0.2) is 50.1 Å². The Kier molecular flexibility index (Phi) is 9.69. The van der Waals surface area contributed by atoms with Gasteiger partial charge < -0.3 is 11.1 Å². The smallest absolute Gasteiger partial charge is 0.236 e. The van der Waals surface area contributed by atoms with Crippen molar-refractivity contribution in [1.29, 1.82) is 0 Å². The summed E-state index contributed by atoms with van der Waals surface area (Å²) in [7, 11) is -3.50. The van der Waals surface area contributed by atoms with Crippen LogP contribution in [0.25, 0.3) is 0 Å². The van der Waals surface area contributed by atoms with Gasteiger partial charge in [0.2, 0.25) is 15.9 Å². The minimum atomic E-state index is -3.50. The van der Waals surface area contributed by atoms with Gasteiger partial charge in [-0.05, 0) is 6.92 Å². The van der Waals surface area contributed by atoms with Crippen molar-refractivity contribution < 1.29 is 13.2 Å². The predicted molar refractivity (Wildman–Crippen MR) is 70.6 cm³/mol. The monoisotopic (exact) mass is 287 g/mol. The lowest BCUT2D eigenvalue weighted by Crippen LogP contribution is -2.44. The van der Waals surface area contributed by atoms with Gasteiger partial charge in [0.05, 0.1) is 0 Å². The van der Waals surface area contributed by atoms with Gasteiger partial charge in [-0.1, -0.05) is 13.8 Å². The van der Waals surface area contributed by atoms with E-state index < -0.39 is 21.7 Å². The first-order valence-electron chi connectivity index (χ1n) is 5.34. The van der Waals surface area contributed by atoms with Crippen LogP contribution in [0.15, 0.2) is 0 Å². The van der Waals surface area contributed by atoms with E-state index >= 15 is 0 Å². The highest BCUT2D eigenvalue weighted by Crippen LogP contribution is 2.00. The van der Waals surface area contributed by atoms with E-state index in [-0.39, 0.29) is 25.0 Å². The summed E-state index contributed by atoms with van der Waals surface area (Å²) < 4.78 is 24.7. The molecule has 0 unspecified atom stereocenters. The fraction of sp³-hybridized carbons (Fsp3) is 0.889. The highest BCUT2D eigenvalue weighted by atomic mass is 35.5. The van der Waals surface area contributed by atoms with Crippen LogP contribution in [0.5, 0.6) is 0 Å². The molecular weight excluding hydrogens is 266 g/mol. The van der Waals surface area contributed by atoms with Gasteiger partial charge in [-0.15, -0.1) is 12.4 Å². The second kappa shape index (κ2) is 8.68. The molecule has 0 radical (unpaired) electrons. The molecule has 104 valence electrons. The maximum Gasteiger partial charge on any atom is 0.236 e. The van der Waals surface area contributed by atoms with Crippen molar-refractivity contribution in [3.63, 3.8) is 0 Å². The van der Waals surface area contributed by atoms with Gasteiger partial charge in [0.25, 0.3) is 0 Å². The van der Waals surface area contributed by atoms with Gasteiger partial charge in [-0.25, -0.2) is 12.7 Å². The number of nitrogens with two attached hydrogens (primary N) is 1. The van der Waals surface area contributed by atoms with Crippen LogP contribution in [0.1, 0.15) is 20.8 Å². The first kappa shape index (κ1) is 19.0. The SMILES string of the molecule is CCN(CC)S(=O)(=O)CC(=O)N[C@@H](C)CN.Cl. The number of hydrogen-bond donors (Lipinski definition) is 2. The Hall–Kier alpha value is -0.370. The van der Waals surface area contributed by atoms with Crippen molar-refractivity contribution in [3.8, 4) is 0 Å². The Labute approximate surface area is 109 Å². The number of nitrogens with one attached hydrogen (secondary N) is 1. The quantitative estimate of drug-likeness (QED) is 0.663. The molecule has 0 aromatic heterocycles. The number of halogens is 1. The third kappa shape index (κ3) is 6.82. The standard InChI is InChI=1S/C9H21N3O3S.ClH/c1-4-12(5-2)16(14,15)7-9(13)11-8(3)6-10;/h8H,4-7,10H2,1-3H3,(H,11,13);1H/t8-;/m0./s1. The lowest BCUT2D eigenvalue weighted by molar-refractivity contribution is -0.119. The van der Waals surface area contributed by atoms with Crippen molar-refractivity contribution in [1.82, 2.24) is 9.62 Å². The summed E-state index contributed by atoms with van der Waals surface area (Å²) in [5.41, 5.74) is 5.32. The summed E-state index contributed by atoms with van der Waals surface area (Å²) in [6.45, 7) is 6.24. The Balaban J connectivity index is 0. The topological polar surface area (TPSA) is 92.5 Å². The summed E-state index contributed by atoms with van der Waals surface area (Å²) in [5, 5.41) is 2.52. The van der Waals surface area contributed by atoms with Gasteiger partial charge in [-0.3, -0.25) is 4.79 Å². The first-order valence-corrected chi connectivity index (χ1v) is 6.95. The van der Waals surface area contributed by atoms with E-state index in [1.165, 1.54) is 4.31 Å². The third-order valence-electron chi connectivity index (χ3n) is 2.17. The molecule has 0 rings (SSSR count). The van der Waals surface area contributed by atoms with Crippen LogP contribution < -0.4 is 11.1 Å². The summed E-state index contributed by atoms with van der Waals surface area (Å²) in [6.07, 6.45) is 0. The number of nitrogens with zero attached hydrogens (tertiary/aromatic N) is 1. The number of rotatable bonds is 7. The molecule has 0 fully saturated rings. The zero-order valence-electron chi connectivity index (χ0n) is 10.5. The fourth-order valence-electron chi connectivity index (χ4n) is 1.25. The van der Waals surface area contributed by atoms with Crippen molar-refractivity contribution in [3.05, 3.63) is 0 Å². The minimum absolute atomic E-state index is 0. The first-order chi connectivity index (χ1) is 7.37. The lowest BCUT2D eigenvalue weighted by atomic mass is 10.3. The number of carbonyl (C=O) groups is 1. The zero-order chi connectivity index (χ0) is 12.8. The van der Waals surface area contributed by atoms with Crippen molar-refractivity contribution in [2.24, 2.45) is 5.73 Å². The van der Waals surface area contributed by atoms with Gasteiger partial charge >= 0.3 is 0 Å². The van der Waals surface area contributed by atoms with Crippen LogP contribution in [0, 0.1) is 0 Å². The molecule has 8 heteroatoms. The van der Waals surface area contributed by atoms with Crippen LogP contribution in [0.4, 0.5) is 0 Å². The number of hydrogen-bond acceptors (Lipinski definition) is 4. The van der Waals surface area contributed by atoms with Gasteiger partial charge in [0, 0.05) is 25.7 Å². The molecule has 0 heterocycles. The van der Waals surface area contributed by atoms with E-state index in [4.69, 9.17) is 5.73 Å². The van der Waals surface area contributed by atoms with Crippen LogP contribution in [-0.2, 0) is 14.8 Å². The van der Waals surface area contributed by atoms with E-state index in [0.717, 1.165) is 0 Å². The fourth-order valence-corrected chi connectivity index (χ4v) is 2.63. The molecule has 0 aliphatic heterocycles. The number of amides is 1. The molecule has 0 aliphatic carbocycles. The van der Waals surface area contributed by atoms with Crippen molar-refractivity contribution in [2.75, 3.05) is 25.4 Å². The molecule has 6 nitrogen and oxygen atoms in total. The molecule has 0 saturated carbocycles. The van der Waals surface area contributed by atoms with E-state index in [1.54, 1.807) is 20.8 Å². The molecule has 0 aromatic rings. The highest BCUT2D eigenvalue weighted by molar-refractivity contribution is 7.89. The van der Waals surface area contributed by atoms with E-state index in [0.29, 0.717) is 13.1 Å². The van der Waals surface area contributed by atoms with Crippen LogP contribution in [0.3, 0.4) is 0 Å².